The third-order valence-electron chi connectivity index (χ3n) is 1.11. The molecular weight excluding hydrogens is 96.1 g/mol. The lowest BCUT2D eigenvalue weighted by Gasteiger charge is -1.91. The molecule has 2 radical (unpaired) electrons. The van der Waals surface area contributed by atoms with Gasteiger partial charge in [0.2, 0.25) is 0 Å². The smallest absolute Gasteiger partial charge is 0.0348 e. The van der Waals surface area contributed by atoms with Crippen molar-refractivity contribution in [3.63, 3.8) is 0 Å². The Labute approximate surface area is 52.6 Å². The van der Waals surface area contributed by atoms with E-state index in [4.69, 9.17) is 6.58 Å². The first-order valence-electron chi connectivity index (χ1n) is 3.23. The fourth-order valence-electron chi connectivity index (χ4n) is 0.611. The van der Waals surface area contributed by atoms with Gasteiger partial charge in [0.15, 0.2) is 0 Å². The minimum Gasteiger partial charge on any atom is -0.0845 e. The van der Waals surface area contributed by atoms with Crippen LogP contribution in [0.5, 0.6) is 0 Å². The van der Waals surface area contributed by atoms with Crippen LogP contribution in [0.25, 0.3) is 0 Å². The third kappa shape index (κ3) is 5.74. The molecule has 0 heterocycles. The first-order valence-corrected chi connectivity index (χ1v) is 3.23. The van der Waals surface area contributed by atoms with Crippen LogP contribution in [0.3, 0.4) is 0 Å². The van der Waals surface area contributed by atoms with E-state index in [-0.39, 0.29) is 0 Å². The van der Waals surface area contributed by atoms with Crippen LogP contribution in [0.4, 0.5) is 0 Å². The van der Waals surface area contributed by atoms with Gasteiger partial charge in [-0.05, 0) is 19.3 Å². The molecule has 0 N–H and O–H groups in total. The zero-order valence-electron chi connectivity index (χ0n) is 5.56. The molecule has 0 aromatic rings. The van der Waals surface area contributed by atoms with E-state index >= 15 is 0 Å². The minimum atomic E-state index is 1.06. The summed E-state index contributed by atoms with van der Waals surface area (Å²) in [4.78, 5) is 0. The first-order chi connectivity index (χ1) is 3.91. The molecule has 0 heteroatoms. The van der Waals surface area contributed by atoms with E-state index in [1.807, 2.05) is 0 Å². The molecule has 0 fully saturated rings. The summed E-state index contributed by atoms with van der Waals surface area (Å²) in [5, 5.41) is 0. The van der Waals surface area contributed by atoms with Crippen molar-refractivity contribution in [2.75, 3.05) is 0 Å². The lowest BCUT2D eigenvalue weighted by molar-refractivity contribution is 0.739. The number of rotatable bonds is 5. The van der Waals surface area contributed by atoms with Crippen molar-refractivity contribution in [1.29, 1.82) is 0 Å². The zero-order chi connectivity index (χ0) is 6.24. The summed E-state index contributed by atoms with van der Waals surface area (Å²) in [6, 6.07) is 0. The van der Waals surface area contributed by atoms with E-state index in [0.29, 0.717) is 0 Å². The van der Waals surface area contributed by atoms with E-state index in [2.05, 4.69) is 13.3 Å². The highest BCUT2D eigenvalue weighted by Gasteiger charge is 1.81. The lowest BCUT2D eigenvalue weighted by atomic mass is 10.2. The van der Waals surface area contributed by atoms with E-state index in [9.17, 15) is 0 Å². The Balaban J connectivity index is 2.62. The van der Waals surface area contributed by atoms with Gasteiger partial charge in [-0.3, -0.25) is 0 Å². The van der Waals surface area contributed by atoms with Gasteiger partial charge in [0.1, 0.15) is 0 Å². The van der Waals surface area contributed by atoms with Crippen LogP contribution >= 0.6 is 0 Å². The molecule has 0 spiro atoms. The minimum absolute atomic E-state index is 1.06. The van der Waals surface area contributed by atoms with Crippen LogP contribution < -0.4 is 0 Å². The summed E-state index contributed by atoms with van der Waals surface area (Å²) in [6.07, 6.45) is 8.74. The maximum Gasteiger partial charge on any atom is -0.0348 e. The summed E-state index contributed by atoms with van der Waals surface area (Å²) in [5.74, 6) is 0. The van der Waals surface area contributed by atoms with E-state index < -0.39 is 0 Å². The van der Waals surface area contributed by atoms with Crippen molar-refractivity contribution in [1.82, 2.24) is 0 Å². The normalized spacial score (nSPS) is 9.12. The Morgan fingerprint density at radius 1 is 1.25 bits per heavy atom. The quantitative estimate of drug-likeness (QED) is 0.477. The van der Waals surface area contributed by atoms with E-state index in [1.165, 1.54) is 19.3 Å². The van der Waals surface area contributed by atoms with Crippen LogP contribution in [-0.4, -0.2) is 0 Å². The Hall–Kier alpha value is -0.260. The fraction of sp³-hybridized carbons (Fsp3) is 0.625. The second kappa shape index (κ2) is 6.74. The fourth-order valence-corrected chi connectivity index (χ4v) is 0.611. The van der Waals surface area contributed by atoms with Gasteiger partial charge in [-0.2, -0.15) is 0 Å². The zero-order valence-corrected chi connectivity index (χ0v) is 5.56. The highest BCUT2D eigenvalue weighted by molar-refractivity contribution is 4.63. The van der Waals surface area contributed by atoms with Gasteiger partial charge in [0.05, 0.1) is 0 Å². The second-order valence-corrected chi connectivity index (χ2v) is 1.93. The predicted octanol–water partition coefficient (Wildman–Crippen LogP) is 2.76. The lowest BCUT2D eigenvalue weighted by Crippen LogP contribution is -1.72. The molecular formula is C8H14. The van der Waals surface area contributed by atoms with Crippen molar-refractivity contribution < 1.29 is 0 Å². The van der Waals surface area contributed by atoms with Crippen molar-refractivity contribution in [2.45, 2.75) is 32.6 Å². The summed E-state index contributed by atoms with van der Waals surface area (Å²) in [6.45, 7) is 7.26. The summed E-state index contributed by atoms with van der Waals surface area (Å²) < 4.78 is 0. The molecule has 0 bridgehead atoms. The van der Waals surface area contributed by atoms with Gasteiger partial charge in [0.25, 0.3) is 0 Å². The summed E-state index contributed by atoms with van der Waals surface area (Å²) in [5.41, 5.74) is 0. The van der Waals surface area contributed by atoms with Crippen LogP contribution in [-0.2, 0) is 0 Å². The molecule has 0 rings (SSSR count). The number of allylic oxidation sites excluding steroid dienone is 1. The SMILES string of the molecule is [CH]=CCCCC[CH]C. The molecule has 8 heavy (non-hydrogen) atoms. The van der Waals surface area contributed by atoms with Gasteiger partial charge in [-0.15, -0.1) is 0 Å². The Morgan fingerprint density at radius 2 is 1.88 bits per heavy atom. The number of hydrogen-bond acceptors (Lipinski definition) is 0. The first kappa shape index (κ1) is 7.74. The molecule has 0 atom stereocenters. The van der Waals surface area contributed by atoms with Gasteiger partial charge in [-0.1, -0.05) is 32.4 Å². The Kier molecular flexibility index (Phi) is 6.52. The van der Waals surface area contributed by atoms with Gasteiger partial charge < -0.3 is 0 Å². The van der Waals surface area contributed by atoms with Crippen LogP contribution in [0, 0.1) is 13.0 Å². The molecule has 0 aromatic carbocycles. The van der Waals surface area contributed by atoms with E-state index in [1.54, 1.807) is 6.08 Å². The molecule has 0 saturated heterocycles. The highest BCUT2D eigenvalue weighted by Crippen LogP contribution is 2.00. The molecule has 0 aliphatic rings. The molecule has 0 amide bonds. The van der Waals surface area contributed by atoms with Crippen molar-refractivity contribution in [3.05, 3.63) is 19.1 Å². The van der Waals surface area contributed by atoms with Gasteiger partial charge >= 0.3 is 0 Å². The Morgan fingerprint density at radius 3 is 2.38 bits per heavy atom. The molecule has 0 saturated carbocycles. The molecule has 0 aliphatic carbocycles. The largest absolute Gasteiger partial charge is 0.0845 e. The summed E-state index contributed by atoms with van der Waals surface area (Å²) >= 11 is 0. The van der Waals surface area contributed by atoms with Gasteiger partial charge in [-0.25, -0.2) is 0 Å². The predicted molar refractivity (Wildman–Crippen MR) is 37.3 cm³/mol. The molecule has 0 aliphatic heterocycles. The summed E-state index contributed by atoms with van der Waals surface area (Å²) in [7, 11) is 0. The Bertz CT molecular complexity index is 46.0. The highest BCUT2D eigenvalue weighted by atomic mass is 13.9. The monoisotopic (exact) mass is 110 g/mol. The molecule has 46 valence electrons. The molecule has 0 unspecified atom stereocenters. The third-order valence-corrected chi connectivity index (χ3v) is 1.11. The average Bonchev–Trinajstić information content (AvgIpc) is 1.81. The number of hydrogen-bond donors (Lipinski definition) is 0. The second-order valence-electron chi connectivity index (χ2n) is 1.93. The maximum absolute atomic E-state index is 5.18. The maximum atomic E-state index is 5.18. The van der Waals surface area contributed by atoms with Crippen LogP contribution in [0.2, 0.25) is 0 Å². The topological polar surface area (TPSA) is 0 Å². The van der Waals surface area contributed by atoms with Gasteiger partial charge in [0, 0.05) is 0 Å². The van der Waals surface area contributed by atoms with Crippen molar-refractivity contribution in [2.24, 2.45) is 0 Å². The van der Waals surface area contributed by atoms with Crippen molar-refractivity contribution >= 4 is 0 Å². The van der Waals surface area contributed by atoms with Crippen LogP contribution in [0.1, 0.15) is 32.6 Å². The standard InChI is InChI=1S/C8H14/c1-3-5-7-8-6-4-2/h1,3-4H,5-8H2,2H3. The van der Waals surface area contributed by atoms with Crippen molar-refractivity contribution in [3.8, 4) is 0 Å². The van der Waals surface area contributed by atoms with E-state index in [0.717, 1.165) is 6.42 Å². The number of unbranched alkanes of at least 4 members (excludes halogenated alkanes) is 4. The molecule has 0 aromatic heterocycles. The molecule has 0 nitrogen and oxygen atoms in total. The van der Waals surface area contributed by atoms with Crippen LogP contribution in [0.15, 0.2) is 6.08 Å². The average molecular weight is 110 g/mol.